The quantitative estimate of drug-likeness (QED) is 0.317. The van der Waals surface area contributed by atoms with E-state index in [1.165, 1.54) is 16.0 Å². The number of hydrogen-bond acceptors (Lipinski definition) is 8. The zero-order valence-corrected chi connectivity index (χ0v) is 28.6. The maximum absolute atomic E-state index is 13.8. The molecule has 3 aromatic rings. The van der Waals surface area contributed by atoms with E-state index < -0.39 is 26.0 Å². The molecule has 1 amide bonds. The molecule has 16 heteroatoms. The second kappa shape index (κ2) is 14.5. The lowest BCUT2D eigenvalue weighted by molar-refractivity contribution is 0.0743. The first-order valence-electron chi connectivity index (χ1n) is 14.6. The van der Waals surface area contributed by atoms with Crippen LogP contribution in [0.1, 0.15) is 60.0 Å². The highest BCUT2D eigenvalue weighted by atomic mass is 35.5. The van der Waals surface area contributed by atoms with Gasteiger partial charge in [-0.3, -0.25) is 10.2 Å². The summed E-state index contributed by atoms with van der Waals surface area (Å²) in [6.45, 7) is 2.83. The van der Waals surface area contributed by atoms with E-state index >= 15 is 0 Å². The number of benzene rings is 1. The summed E-state index contributed by atoms with van der Waals surface area (Å²) in [6, 6.07) is 8.65. The molecule has 0 saturated carbocycles. The molecule has 0 aliphatic carbocycles. The van der Waals surface area contributed by atoms with Crippen molar-refractivity contribution in [3.63, 3.8) is 0 Å². The molecule has 5 rings (SSSR count). The van der Waals surface area contributed by atoms with Crippen LogP contribution in [0.3, 0.4) is 0 Å². The maximum Gasteiger partial charge on any atom is 0.286 e. The Kier molecular flexibility index (Phi) is 10.9. The van der Waals surface area contributed by atoms with Gasteiger partial charge in [-0.15, -0.1) is 11.3 Å². The molecule has 2 aliphatic heterocycles. The molecule has 0 spiro atoms. The predicted molar refractivity (Wildman–Crippen MR) is 178 cm³/mol. The van der Waals surface area contributed by atoms with Crippen LogP contribution in [0.4, 0.5) is 0 Å². The minimum atomic E-state index is -4.10. The van der Waals surface area contributed by atoms with Crippen molar-refractivity contribution in [3.8, 4) is 28.1 Å². The largest absolute Gasteiger partial charge is 0.286 e. The minimum absolute atomic E-state index is 0.0255. The second-order valence-corrected chi connectivity index (χ2v) is 16.8. The van der Waals surface area contributed by atoms with Crippen LogP contribution in [0.25, 0.3) is 16.3 Å². The Morgan fingerprint density at radius 3 is 2.49 bits per heavy atom. The van der Waals surface area contributed by atoms with Crippen LogP contribution in [0, 0.1) is 11.8 Å². The van der Waals surface area contributed by atoms with Gasteiger partial charge >= 0.3 is 0 Å². The lowest BCUT2D eigenvalue weighted by atomic mass is 10.1. The molecule has 0 atom stereocenters. The van der Waals surface area contributed by atoms with Crippen LogP contribution in [0.15, 0.2) is 30.3 Å². The van der Waals surface area contributed by atoms with E-state index in [1.807, 2.05) is 17.1 Å². The van der Waals surface area contributed by atoms with Gasteiger partial charge in [0.15, 0.2) is 15.5 Å². The van der Waals surface area contributed by atoms with Crippen molar-refractivity contribution in [2.45, 2.75) is 45.6 Å². The highest BCUT2D eigenvalue weighted by Gasteiger charge is 2.32. The Morgan fingerprint density at radius 1 is 1.07 bits per heavy atom. The van der Waals surface area contributed by atoms with Crippen LogP contribution < -0.4 is 10.1 Å². The molecular weight excluding hydrogens is 679 g/mol. The molecular formula is C29H34Cl2N6O5S3. The molecule has 0 radical (unpaired) electrons. The van der Waals surface area contributed by atoms with Gasteiger partial charge in [0.2, 0.25) is 0 Å². The summed E-state index contributed by atoms with van der Waals surface area (Å²) in [7, 11) is -7.40. The number of rotatable bonds is 9. The molecule has 0 unspecified atom stereocenters. The van der Waals surface area contributed by atoms with E-state index in [0.717, 1.165) is 41.3 Å². The average Bonchev–Trinajstić information content (AvgIpc) is 3.61. The number of hydrazine groups is 1. The highest BCUT2D eigenvalue weighted by Crippen LogP contribution is 2.37. The predicted octanol–water partition coefficient (Wildman–Crippen LogP) is 4.25. The van der Waals surface area contributed by atoms with Gasteiger partial charge < -0.3 is 0 Å². The number of carbonyl (C=O) groups excluding carboxylic acids is 1. The van der Waals surface area contributed by atoms with Gasteiger partial charge in [-0.1, -0.05) is 48.4 Å². The van der Waals surface area contributed by atoms with Gasteiger partial charge in [-0.25, -0.2) is 18.1 Å². The molecule has 45 heavy (non-hydrogen) atoms. The minimum Gasteiger partial charge on any atom is -0.283 e. The summed E-state index contributed by atoms with van der Waals surface area (Å²) >= 11 is 14.2. The second-order valence-electron chi connectivity index (χ2n) is 10.8. The molecule has 2 aromatic heterocycles. The molecule has 0 bridgehead atoms. The molecule has 4 heterocycles. The van der Waals surface area contributed by atoms with Crippen molar-refractivity contribution in [3.05, 3.63) is 56.5 Å². The molecule has 242 valence electrons. The van der Waals surface area contributed by atoms with E-state index in [0.29, 0.717) is 39.9 Å². The molecule has 2 N–H and O–H groups in total. The van der Waals surface area contributed by atoms with Crippen molar-refractivity contribution >= 4 is 60.5 Å². The van der Waals surface area contributed by atoms with E-state index in [1.54, 1.807) is 18.2 Å². The molecule has 1 aromatic carbocycles. The summed E-state index contributed by atoms with van der Waals surface area (Å²) in [6.07, 6.45) is 4.63. The highest BCUT2D eigenvalue weighted by molar-refractivity contribution is 7.91. The van der Waals surface area contributed by atoms with Crippen molar-refractivity contribution in [1.82, 2.24) is 29.2 Å². The number of nitrogens with zero attached hydrogens (tertiary/aromatic N) is 4. The number of thiophene rings is 1. The maximum atomic E-state index is 13.8. The third-order valence-corrected chi connectivity index (χ3v) is 12.2. The topological polar surface area (TPSA) is 134 Å². The lowest BCUT2D eigenvalue weighted by Crippen LogP contribution is -2.48. The standard InChI is InChI=1S/C29H34Cl2N6O5S3/c1-2-3-5-8-22-10-12-26(43-22)28-23(20-32-45(41,42)36-15-17-44(39,40)18-16-36)27(29(38)34-35-13-6-4-7-14-35)33-37(28)25-11-9-21(30)19-24(25)31/h9-12,19,32H,2-4,6-7,13-18,20H2,1H3,(H,34,38). The SMILES string of the molecule is CCCC#Cc1ccc(-c2c(CNS(=O)(=O)N3CCS(=O)(=O)CC3)c(C(=O)NN3CCCCC3)nn2-c2ccc(Cl)cc2Cl)s1. The van der Waals surface area contributed by atoms with Gasteiger partial charge in [-0.2, -0.15) is 22.5 Å². The number of hydrogen-bond donors (Lipinski definition) is 2. The number of sulfone groups is 1. The van der Waals surface area contributed by atoms with Crippen LogP contribution >= 0.6 is 34.5 Å². The Balaban J connectivity index is 1.60. The molecule has 2 aliphatic rings. The van der Waals surface area contributed by atoms with Gasteiger partial charge in [0.05, 0.1) is 37.7 Å². The van der Waals surface area contributed by atoms with Gasteiger partial charge in [0.25, 0.3) is 16.1 Å². The van der Waals surface area contributed by atoms with Crippen LogP contribution in [0.2, 0.25) is 10.0 Å². The van der Waals surface area contributed by atoms with Gasteiger partial charge in [-0.05, 0) is 49.6 Å². The summed E-state index contributed by atoms with van der Waals surface area (Å²) in [5.74, 6) is 5.31. The number of carbonyl (C=O) groups is 1. The van der Waals surface area contributed by atoms with Crippen LogP contribution in [0.5, 0.6) is 0 Å². The van der Waals surface area contributed by atoms with Crippen molar-refractivity contribution in [2.24, 2.45) is 0 Å². The van der Waals surface area contributed by atoms with Crippen molar-refractivity contribution in [2.75, 3.05) is 37.7 Å². The number of halogens is 2. The third-order valence-electron chi connectivity index (χ3n) is 7.45. The number of nitrogens with one attached hydrogen (secondary N) is 2. The van der Waals surface area contributed by atoms with E-state index in [-0.39, 0.29) is 41.9 Å². The first kappa shape index (κ1) is 33.9. The fourth-order valence-electron chi connectivity index (χ4n) is 5.08. The number of unbranched alkanes of at least 4 members (excludes halogenated alkanes) is 1. The normalized spacial score (nSPS) is 17.5. The van der Waals surface area contributed by atoms with E-state index in [2.05, 4.69) is 28.9 Å². The van der Waals surface area contributed by atoms with Crippen molar-refractivity contribution < 1.29 is 21.6 Å². The summed E-state index contributed by atoms with van der Waals surface area (Å²) in [4.78, 5) is 15.3. The Bertz CT molecular complexity index is 1830. The van der Waals surface area contributed by atoms with E-state index in [4.69, 9.17) is 28.3 Å². The Labute approximate surface area is 277 Å². The first-order valence-corrected chi connectivity index (χ1v) is 19.5. The number of piperidine rings is 1. The fraction of sp³-hybridized carbons (Fsp3) is 0.448. The number of aromatic nitrogens is 2. The Hall–Kier alpha value is -2.48. The third kappa shape index (κ3) is 8.28. The summed E-state index contributed by atoms with van der Waals surface area (Å²) in [5.41, 5.74) is 4.22. The Morgan fingerprint density at radius 2 is 1.80 bits per heavy atom. The smallest absolute Gasteiger partial charge is 0.283 e. The lowest BCUT2D eigenvalue weighted by Gasteiger charge is -2.27. The molecule has 2 saturated heterocycles. The number of amides is 1. The zero-order chi connectivity index (χ0) is 32.2. The average molecular weight is 714 g/mol. The summed E-state index contributed by atoms with van der Waals surface area (Å²) in [5, 5.41) is 7.27. The van der Waals surface area contributed by atoms with E-state index in [9.17, 15) is 21.6 Å². The fourth-order valence-corrected chi connectivity index (χ4v) is 9.11. The zero-order valence-electron chi connectivity index (χ0n) is 24.7. The van der Waals surface area contributed by atoms with Crippen molar-refractivity contribution in [1.29, 1.82) is 0 Å². The summed E-state index contributed by atoms with van der Waals surface area (Å²) < 4.78 is 55.8. The van der Waals surface area contributed by atoms with Gasteiger partial charge in [0, 0.05) is 49.7 Å². The van der Waals surface area contributed by atoms with Crippen LogP contribution in [-0.2, 0) is 26.6 Å². The van der Waals surface area contributed by atoms with Gasteiger partial charge in [0.1, 0.15) is 0 Å². The molecule has 11 nitrogen and oxygen atoms in total. The molecule has 2 fully saturated rings. The monoisotopic (exact) mass is 712 g/mol. The first-order chi connectivity index (χ1) is 21.5. The van der Waals surface area contributed by atoms with Crippen LogP contribution in [-0.4, -0.2) is 79.5 Å².